The van der Waals surface area contributed by atoms with E-state index in [0.29, 0.717) is 48.1 Å². The molecule has 1 aliphatic rings. The van der Waals surface area contributed by atoms with Gasteiger partial charge >= 0.3 is 5.97 Å². The van der Waals surface area contributed by atoms with Crippen molar-refractivity contribution in [3.8, 4) is 0 Å². The van der Waals surface area contributed by atoms with Crippen molar-refractivity contribution in [2.45, 2.75) is 12.6 Å². The number of amides is 1. The number of carbonyl (C=O) groups excluding carboxylic acids is 2. The Morgan fingerprint density at radius 3 is 2.41 bits per heavy atom. The lowest BCUT2D eigenvalue weighted by molar-refractivity contribution is -0.148. The fourth-order valence-corrected chi connectivity index (χ4v) is 4.41. The molecule has 8 heteroatoms. The quantitative estimate of drug-likeness (QED) is 0.524. The van der Waals surface area contributed by atoms with Gasteiger partial charge in [0.2, 0.25) is 0 Å². The Balaban J connectivity index is 1.54. The minimum Gasteiger partial charge on any atom is -0.468 e. The number of hydrogen-bond acceptors (Lipinski definition) is 6. The van der Waals surface area contributed by atoms with Crippen LogP contribution in [-0.4, -0.2) is 62.1 Å². The highest BCUT2D eigenvalue weighted by Gasteiger charge is 2.35. The van der Waals surface area contributed by atoms with Crippen LogP contribution in [0.1, 0.15) is 27.7 Å². The topological polar surface area (TPSA) is 72.2 Å². The zero-order chi connectivity index (χ0) is 22.7. The van der Waals surface area contributed by atoms with Crippen LogP contribution in [0.2, 0.25) is 5.02 Å². The van der Waals surface area contributed by atoms with Crippen molar-refractivity contribution < 1.29 is 23.5 Å². The Kier molecular flexibility index (Phi) is 6.79. The Morgan fingerprint density at radius 2 is 1.72 bits per heavy atom. The van der Waals surface area contributed by atoms with Gasteiger partial charge in [-0.1, -0.05) is 48.0 Å². The highest BCUT2D eigenvalue weighted by molar-refractivity contribution is 6.31. The molecule has 1 atom stereocenters. The van der Waals surface area contributed by atoms with Crippen LogP contribution >= 0.6 is 11.6 Å². The minimum absolute atomic E-state index is 0.180. The van der Waals surface area contributed by atoms with E-state index in [-0.39, 0.29) is 18.5 Å². The van der Waals surface area contributed by atoms with Crippen molar-refractivity contribution in [3.05, 3.63) is 70.4 Å². The van der Waals surface area contributed by atoms with E-state index in [4.69, 9.17) is 25.5 Å². The second-order valence-corrected chi connectivity index (χ2v) is 8.02. The number of nitrogens with zero attached hydrogens (tertiary/aromatic N) is 2. The summed E-state index contributed by atoms with van der Waals surface area (Å²) in [7, 11) is 2.96. The number of esters is 1. The van der Waals surface area contributed by atoms with Crippen molar-refractivity contribution >= 4 is 34.4 Å². The average molecular weight is 457 g/mol. The van der Waals surface area contributed by atoms with Crippen LogP contribution in [0.5, 0.6) is 0 Å². The summed E-state index contributed by atoms with van der Waals surface area (Å²) in [4.78, 5) is 29.6. The van der Waals surface area contributed by atoms with Gasteiger partial charge in [-0.25, -0.2) is 4.79 Å². The fourth-order valence-electron chi connectivity index (χ4n) is 4.17. The highest BCUT2D eigenvalue weighted by atomic mass is 35.5. The lowest BCUT2D eigenvalue weighted by Crippen LogP contribution is -2.51. The maximum Gasteiger partial charge on any atom is 0.327 e. The molecule has 1 fully saturated rings. The number of ether oxygens (including phenoxy) is 2. The Morgan fingerprint density at radius 1 is 1.03 bits per heavy atom. The van der Waals surface area contributed by atoms with Crippen LogP contribution in [0.4, 0.5) is 0 Å². The third-order valence-electron chi connectivity index (χ3n) is 5.77. The standard InChI is InChI=1S/C24H25ClN2O5/c1-30-15-18-16-7-4-6-10-20(16)32-22(18)23(28)27-13-11-26(12-14-27)21(24(29)31-2)17-8-3-5-9-19(17)25/h3-10,21H,11-15H2,1-2H3. The van der Waals surface area contributed by atoms with Crippen LogP contribution in [0.3, 0.4) is 0 Å². The first-order valence-electron chi connectivity index (χ1n) is 10.4. The van der Waals surface area contributed by atoms with E-state index in [1.807, 2.05) is 47.4 Å². The SMILES string of the molecule is COCc1c(C(=O)N2CCN(C(C(=O)OC)c3ccccc3Cl)CC2)oc2ccccc12. The molecule has 1 aromatic heterocycles. The van der Waals surface area contributed by atoms with Crippen molar-refractivity contribution in [1.29, 1.82) is 0 Å². The van der Waals surface area contributed by atoms with Crippen LogP contribution in [0, 0.1) is 0 Å². The van der Waals surface area contributed by atoms with Gasteiger partial charge in [0.25, 0.3) is 5.91 Å². The van der Waals surface area contributed by atoms with Gasteiger partial charge in [-0.05, 0) is 17.7 Å². The van der Waals surface area contributed by atoms with Gasteiger partial charge in [0.15, 0.2) is 5.76 Å². The number of para-hydroxylation sites is 1. The average Bonchev–Trinajstić information content (AvgIpc) is 3.19. The summed E-state index contributed by atoms with van der Waals surface area (Å²) in [6.45, 7) is 2.17. The second kappa shape index (κ2) is 9.73. The van der Waals surface area contributed by atoms with Crippen LogP contribution in [0.15, 0.2) is 52.9 Å². The van der Waals surface area contributed by atoms with E-state index in [0.717, 1.165) is 10.9 Å². The van der Waals surface area contributed by atoms with E-state index in [1.54, 1.807) is 18.1 Å². The van der Waals surface area contributed by atoms with E-state index in [2.05, 4.69) is 0 Å². The number of fused-ring (bicyclic) bond motifs is 1. The molecule has 1 unspecified atom stereocenters. The molecule has 1 amide bonds. The summed E-state index contributed by atoms with van der Waals surface area (Å²) >= 11 is 6.36. The van der Waals surface area contributed by atoms with Crippen LogP contribution in [-0.2, 0) is 20.9 Å². The van der Waals surface area contributed by atoms with Crippen molar-refractivity contribution in [2.75, 3.05) is 40.4 Å². The normalized spacial score (nSPS) is 15.7. The number of benzene rings is 2. The van der Waals surface area contributed by atoms with Gasteiger partial charge < -0.3 is 18.8 Å². The molecule has 0 aliphatic carbocycles. The van der Waals surface area contributed by atoms with Gasteiger partial charge in [-0.3, -0.25) is 9.69 Å². The minimum atomic E-state index is -0.624. The first-order valence-corrected chi connectivity index (χ1v) is 10.8. The van der Waals surface area contributed by atoms with Crippen molar-refractivity contribution in [1.82, 2.24) is 9.80 Å². The maximum absolute atomic E-state index is 13.3. The number of carbonyl (C=O) groups is 2. The summed E-state index contributed by atoms with van der Waals surface area (Å²) in [5.41, 5.74) is 2.10. The lowest BCUT2D eigenvalue weighted by Gasteiger charge is -2.38. The predicted molar refractivity (Wildman–Crippen MR) is 121 cm³/mol. The van der Waals surface area contributed by atoms with E-state index >= 15 is 0 Å². The Labute approximate surface area is 191 Å². The third kappa shape index (κ3) is 4.24. The molecule has 32 heavy (non-hydrogen) atoms. The molecular weight excluding hydrogens is 432 g/mol. The Hall–Kier alpha value is -2.87. The molecule has 2 heterocycles. The molecular formula is C24H25ClN2O5. The van der Waals surface area contributed by atoms with Crippen molar-refractivity contribution in [3.63, 3.8) is 0 Å². The molecule has 1 saturated heterocycles. The number of rotatable bonds is 6. The summed E-state index contributed by atoms with van der Waals surface area (Å²) < 4.78 is 16.3. The Bertz CT molecular complexity index is 1120. The molecule has 4 rings (SSSR count). The van der Waals surface area contributed by atoms with Gasteiger partial charge in [0.1, 0.15) is 11.6 Å². The van der Waals surface area contributed by atoms with Gasteiger partial charge in [-0.2, -0.15) is 0 Å². The van der Waals surface area contributed by atoms with Gasteiger partial charge in [0, 0.05) is 49.3 Å². The fraction of sp³-hybridized carbons (Fsp3) is 0.333. The summed E-state index contributed by atoms with van der Waals surface area (Å²) in [5.74, 6) is -0.255. The molecule has 0 N–H and O–H groups in total. The first kappa shape index (κ1) is 22.3. The summed E-state index contributed by atoms with van der Waals surface area (Å²) in [6.07, 6.45) is 0. The molecule has 7 nitrogen and oxygen atoms in total. The second-order valence-electron chi connectivity index (χ2n) is 7.61. The number of methoxy groups -OCH3 is 2. The molecule has 0 spiro atoms. The van der Waals surface area contributed by atoms with E-state index in [9.17, 15) is 9.59 Å². The maximum atomic E-state index is 13.3. The monoisotopic (exact) mass is 456 g/mol. The molecule has 2 aromatic carbocycles. The smallest absolute Gasteiger partial charge is 0.327 e. The van der Waals surface area contributed by atoms with Gasteiger partial charge in [0.05, 0.1) is 13.7 Å². The zero-order valence-electron chi connectivity index (χ0n) is 18.0. The molecule has 168 valence electrons. The molecule has 3 aromatic rings. The summed E-state index contributed by atoms with van der Waals surface area (Å²) in [5, 5.41) is 1.38. The zero-order valence-corrected chi connectivity index (χ0v) is 18.8. The first-order chi connectivity index (χ1) is 15.5. The van der Waals surface area contributed by atoms with Crippen LogP contribution in [0.25, 0.3) is 11.0 Å². The molecule has 0 radical (unpaired) electrons. The number of piperazine rings is 1. The molecule has 0 bridgehead atoms. The summed E-state index contributed by atoms with van der Waals surface area (Å²) in [6, 6.07) is 14.2. The molecule has 1 aliphatic heterocycles. The van der Waals surface area contributed by atoms with E-state index in [1.165, 1.54) is 7.11 Å². The number of furan rings is 1. The highest BCUT2D eigenvalue weighted by Crippen LogP contribution is 2.31. The largest absolute Gasteiger partial charge is 0.468 e. The van der Waals surface area contributed by atoms with E-state index < -0.39 is 6.04 Å². The number of halogens is 1. The van der Waals surface area contributed by atoms with Crippen LogP contribution < -0.4 is 0 Å². The van der Waals surface area contributed by atoms with Crippen molar-refractivity contribution in [2.24, 2.45) is 0 Å². The third-order valence-corrected chi connectivity index (χ3v) is 6.12. The number of hydrogen-bond donors (Lipinski definition) is 0. The lowest BCUT2D eigenvalue weighted by atomic mass is 10.0. The molecule has 0 saturated carbocycles. The predicted octanol–water partition coefficient (Wildman–Crippen LogP) is 3.90. The van der Waals surface area contributed by atoms with Gasteiger partial charge in [-0.15, -0.1) is 0 Å².